The van der Waals surface area contributed by atoms with Gasteiger partial charge in [0, 0.05) is 12.2 Å². The number of nitrogens with one attached hydrogen (secondary N) is 1. The van der Waals surface area contributed by atoms with Crippen molar-refractivity contribution >= 4 is 28.6 Å². The molecule has 0 aliphatic rings. The Hall–Kier alpha value is -2.15. The van der Waals surface area contributed by atoms with Gasteiger partial charge in [0.05, 0.1) is 17.2 Å². The molecule has 2 N–H and O–H groups in total. The van der Waals surface area contributed by atoms with Crippen molar-refractivity contribution in [3.05, 3.63) is 59.3 Å². The Morgan fingerprint density at radius 1 is 1.27 bits per heavy atom. The molecule has 5 nitrogen and oxygen atoms in total. The number of benzene rings is 1. The highest BCUT2D eigenvalue weighted by molar-refractivity contribution is 7.11. The van der Waals surface area contributed by atoms with Crippen LogP contribution in [0.15, 0.2) is 54.4 Å². The van der Waals surface area contributed by atoms with E-state index in [0.717, 1.165) is 10.6 Å². The molecule has 1 heterocycles. The molecule has 0 aliphatic heterocycles. The lowest BCUT2D eigenvalue weighted by molar-refractivity contribution is -0.124. The fourth-order valence-corrected chi connectivity index (χ4v) is 2.51. The van der Waals surface area contributed by atoms with E-state index in [0.29, 0.717) is 5.70 Å². The molecule has 0 fully saturated rings. The van der Waals surface area contributed by atoms with Crippen molar-refractivity contribution in [2.75, 3.05) is 24.7 Å². The molecule has 0 aliphatic carbocycles. The number of anilines is 1. The Balaban J connectivity index is 1.88. The lowest BCUT2D eigenvalue weighted by Gasteiger charge is -2.21. The van der Waals surface area contributed by atoms with Crippen LogP contribution in [-0.2, 0) is 9.63 Å². The third kappa shape index (κ3) is 4.42. The highest BCUT2D eigenvalue weighted by atomic mass is 32.1. The van der Waals surface area contributed by atoms with Crippen molar-refractivity contribution in [3.63, 3.8) is 0 Å². The number of hydrogen-bond acceptors (Lipinski definition) is 5. The molecule has 0 spiro atoms. The van der Waals surface area contributed by atoms with E-state index in [1.54, 1.807) is 0 Å². The van der Waals surface area contributed by atoms with E-state index in [-0.39, 0.29) is 25.7 Å². The zero-order chi connectivity index (χ0) is 15.8. The average molecular weight is 318 g/mol. The summed E-state index contributed by atoms with van der Waals surface area (Å²) < 4.78 is 0. The molecule has 0 bridgehead atoms. The monoisotopic (exact) mass is 318 g/mol. The minimum absolute atomic E-state index is 0.115. The van der Waals surface area contributed by atoms with Gasteiger partial charge in [-0.3, -0.25) is 15.1 Å². The average Bonchev–Trinajstić information content (AvgIpc) is 3.07. The second-order valence-corrected chi connectivity index (χ2v) is 5.40. The minimum atomic E-state index is -0.244. The van der Waals surface area contributed by atoms with Crippen molar-refractivity contribution < 1.29 is 14.7 Å². The smallest absolute Gasteiger partial charge is 0.255 e. The molecule has 0 radical (unpaired) electrons. The zero-order valence-corrected chi connectivity index (χ0v) is 12.9. The third-order valence-electron chi connectivity index (χ3n) is 2.90. The van der Waals surface area contributed by atoms with Gasteiger partial charge in [-0.2, -0.15) is 0 Å². The second-order valence-electron chi connectivity index (χ2n) is 4.45. The highest BCUT2D eigenvalue weighted by Crippen LogP contribution is 2.16. The number of para-hydroxylation sites is 1. The molecular weight excluding hydrogens is 300 g/mol. The molecule has 1 amide bonds. The van der Waals surface area contributed by atoms with E-state index in [2.05, 4.69) is 12.1 Å². The van der Waals surface area contributed by atoms with Crippen LogP contribution >= 0.6 is 11.3 Å². The summed E-state index contributed by atoms with van der Waals surface area (Å²) in [4.78, 5) is 19.9. The Morgan fingerprint density at radius 3 is 2.68 bits per heavy atom. The van der Waals surface area contributed by atoms with Crippen LogP contribution in [-0.4, -0.2) is 30.8 Å². The topological polar surface area (TPSA) is 61.8 Å². The Labute approximate surface area is 133 Å². The first kappa shape index (κ1) is 16.2. The quantitative estimate of drug-likeness (QED) is 0.733. The standard InChI is InChI=1S/C16H18N2O3S/c1-13(15-8-5-11-22-15)17-21-12-16(20)18(9-10-19)14-6-3-2-4-7-14/h2-8,11,17,19H,1,9-10,12H2. The summed E-state index contributed by atoms with van der Waals surface area (Å²) in [6.07, 6.45) is 0. The lowest BCUT2D eigenvalue weighted by Crippen LogP contribution is -2.37. The maximum absolute atomic E-state index is 12.2. The van der Waals surface area contributed by atoms with Crippen LogP contribution in [0.3, 0.4) is 0 Å². The van der Waals surface area contributed by atoms with Gasteiger partial charge in [-0.15, -0.1) is 11.3 Å². The van der Waals surface area contributed by atoms with Crippen molar-refractivity contribution in [2.24, 2.45) is 0 Å². The van der Waals surface area contributed by atoms with Crippen molar-refractivity contribution in [1.82, 2.24) is 5.48 Å². The number of carbonyl (C=O) groups excluding carboxylic acids is 1. The first-order chi connectivity index (χ1) is 10.7. The van der Waals surface area contributed by atoms with E-state index in [9.17, 15) is 4.79 Å². The fourth-order valence-electron chi connectivity index (χ4n) is 1.87. The van der Waals surface area contributed by atoms with Gasteiger partial charge in [0.15, 0.2) is 6.61 Å². The van der Waals surface area contributed by atoms with E-state index in [1.807, 2.05) is 47.8 Å². The summed E-state index contributed by atoms with van der Waals surface area (Å²) in [6, 6.07) is 13.0. The number of aliphatic hydroxyl groups excluding tert-OH is 1. The summed E-state index contributed by atoms with van der Waals surface area (Å²) >= 11 is 1.53. The summed E-state index contributed by atoms with van der Waals surface area (Å²) in [5.74, 6) is -0.244. The number of hydroxylamine groups is 1. The molecule has 6 heteroatoms. The molecule has 0 saturated carbocycles. The molecule has 2 aromatic rings. The van der Waals surface area contributed by atoms with E-state index < -0.39 is 0 Å². The predicted molar refractivity (Wildman–Crippen MR) is 88.3 cm³/mol. The molecule has 1 aromatic carbocycles. The number of hydrogen-bond donors (Lipinski definition) is 2. The van der Waals surface area contributed by atoms with Gasteiger partial charge in [-0.1, -0.05) is 30.8 Å². The molecule has 22 heavy (non-hydrogen) atoms. The van der Waals surface area contributed by atoms with Gasteiger partial charge in [-0.25, -0.2) is 0 Å². The zero-order valence-electron chi connectivity index (χ0n) is 12.1. The first-order valence-electron chi connectivity index (χ1n) is 6.79. The van der Waals surface area contributed by atoms with Gasteiger partial charge in [0.1, 0.15) is 0 Å². The molecule has 1 aromatic heterocycles. The van der Waals surface area contributed by atoms with Crippen LogP contribution in [0.4, 0.5) is 5.69 Å². The van der Waals surface area contributed by atoms with Crippen LogP contribution in [0.1, 0.15) is 4.88 Å². The van der Waals surface area contributed by atoms with Crippen LogP contribution in [0.25, 0.3) is 5.70 Å². The maximum atomic E-state index is 12.2. The summed E-state index contributed by atoms with van der Waals surface area (Å²) in [5, 5.41) is 11.1. The van der Waals surface area contributed by atoms with Crippen LogP contribution in [0.2, 0.25) is 0 Å². The Morgan fingerprint density at radius 2 is 2.05 bits per heavy atom. The van der Waals surface area contributed by atoms with Gasteiger partial charge >= 0.3 is 0 Å². The molecule has 2 rings (SSSR count). The maximum Gasteiger partial charge on any atom is 0.255 e. The number of rotatable bonds is 8. The first-order valence-corrected chi connectivity index (χ1v) is 7.67. The number of nitrogens with zero attached hydrogens (tertiary/aromatic N) is 1. The molecule has 0 unspecified atom stereocenters. The number of thiophene rings is 1. The second kappa shape index (κ2) is 8.33. The normalized spacial score (nSPS) is 10.2. The highest BCUT2D eigenvalue weighted by Gasteiger charge is 2.15. The molecule has 116 valence electrons. The van der Waals surface area contributed by atoms with Gasteiger partial charge in [0.2, 0.25) is 0 Å². The summed E-state index contributed by atoms with van der Waals surface area (Å²) in [6.45, 7) is 3.79. The van der Waals surface area contributed by atoms with Gasteiger partial charge in [0.25, 0.3) is 5.91 Å². The summed E-state index contributed by atoms with van der Waals surface area (Å²) in [7, 11) is 0. The minimum Gasteiger partial charge on any atom is -0.395 e. The predicted octanol–water partition coefficient (Wildman–Crippen LogP) is 2.27. The van der Waals surface area contributed by atoms with E-state index in [4.69, 9.17) is 9.94 Å². The fraction of sp³-hybridized carbons (Fsp3) is 0.188. The largest absolute Gasteiger partial charge is 0.395 e. The number of carbonyl (C=O) groups is 1. The van der Waals surface area contributed by atoms with E-state index >= 15 is 0 Å². The van der Waals surface area contributed by atoms with Crippen LogP contribution in [0, 0.1) is 0 Å². The van der Waals surface area contributed by atoms with Gasteiger partial charge in [-0.05, 0) is 23.6 Å². The molecular formula is C16H18N2O3S. The van der Waals surface area contributed by atoms with Crippen molar-refractivity contribution in [1.29, 1.82) is 0 Å². The third-order valence-corrected chi connectivity index (χ3v) is 3.83. The van der Waals surface area contributed by atoms with Crippen LogP contribution < -0.4 is 10.4 Å². The molecule has 0 saturated heterocycles. The Bertz CT molecular complexity index is 599. The summed E-state index contributed by atoms with van der Waals surface area (Å²) in [5.41, 5.74) is 4.00. The van der Waals surface area contributed by atoms with Crippen molar-refractivity contribution in [3.8, 4) is 0 Å². The SMILES string of the molecule is C=C(NOCC(=O)N(CCO)c1ccccc1)c1cccs1. The van der Waals surface area contributed by atoms with E-state index in [1.165, 1.54) is 16.2 Å². The van der Waals surface area contributed by atoms with Gasteiger partial charge < -0.3 is 10.0 Å². The Kier molecular flexibility index (Phi) is 6.14. The lowest BCUT2D eigenvalue weighted by atomic mass is 10.3. The number of aliphatic hydroxyl groups is 1. The van der Waals surface area contributed by atoms with Crippen molar-refractivity contribution in [2.45, 2.75) is 0 Å². The number of amides is 1. The van der Waals surface area contributed by atoms with Crippen LogP contribution in [0.5, 0.6) is 0 Å². The molecule has 0 atom stereocenters.